The Morgan fingerprint density at radius 3 is 2.38 bits per heavy atom. The van der Waals surface area contributed by atoms with Crippen molar-refractivity contribution in [2.24, 2.45) is 0 Å². The fourth-order valence-corrected chi connectivity index (χ4v) is 2.47. The molecule has 0 bridgehead atoms. The molecule has 0 aliphatic heterocycles. The molecule has 1 aromatic heterocycles. The number of aromatic carboxylic acids is 1. The Hall–Kier alpha value is -3.13. The van der Waals surface area contributed by atoms with Crippen LogP contribution in [-0.4, -0.2) is 36.4 Å². The van der Waals surface area contributed by atoms with Crippen LogP contribution < -0.4 is 5.43 Å². The minimum Gasteiger partial charge on any atom is -0.502 e. The standard InChI is InChI=1S/C18H18O8/c1-24-9-12-7-14(19)16(21)17(26-12)13(8-15(20)25-2)10-3-5-11(6-4-10)18(22)23/h3-7,13,21H,8-9H2,1-2H3,(H,22,23)/t13-/m0/s1. The number of rotatable bonds is 7. The molecule has 0 fully saturated rings. The van der Waals surface area contributed by atoms with Gasteiger partial charge in [0.15, 0.2) is 5.76 Å². The Balaban J connectivity index is 2.56. The second kappa shape index (κ2) is 8.30. The summed E-state index contributed by atoms with van der Waals surface area (Å²) in [4.78, 5) is 34.8. The van der Waals surface area contributed by atoms with E-state index in [4.69, 9.17) is 14.3 Å². The first-order valence-electron chi connectivity index (χ1n) is 7.62. The number of ether oxygens (including phenoxy) is 2. The highest BCUT2D eigenvalue weighted by Crippen LogP contribution is 2.33. The normalized spacial score (nSPS) is 11.8. The highest BCUT2D eigenvalue weighted by Gasteiger charge is 2.26. The van der Waals surface area contributed by atoms with Gasteiger partial charge in [-0.25, -0.2) is 4.79 Å². The molecule has 138 valence electrons. The van der Waals surface area contributed by atoms with E-state index in [2.05, 4.69) is 4.74 Å². The third-order valence-corrected chi connectivity index (χ3v) is 3.76. The van der Waals surface area contributed by atoms with Crippen LogP contribution in [0, 0.1) is 0 Å². The summed E-state index contributed by atoms with van der Waals surface area (Å²) in [5, 5.41) is 19.2. The molecule has 0 aliphatic rings. The lowest BCUT2D eigenvalue weighted by Crippen LogP contribution is -2.14. The molecular weight excluding hydrogens is 344 g/mol. The average Bonchev–Trinajstić information content (AvgIpc) is 2.63. The van der Waals surface area contributed by atoms with Crippen LogP contribution in [0.4, 0.5) is 0 Å². The first kappa shape index (κ1) is 19.2. The van der Waals surface area contributed by atoms with Crippen LogP contribution in [0.25, 0.3) is 0 Å². The van der Waals surface area contributed by atoms with Gasteiger partial charge in [0.1, 0.15) is 12.4 Å². The van der Waals surface area contributed by atoms with Crippen molar-refractivity contribution in [2.75, 3.05) is 14.2 Å². The van der Waals surface area contributed by atoms with Gasteiger partial charge in [0, 0.05) is 13.2 Å². The van der Waals surface area contributed by atoms with Crippen LogP contribution in [0.2, 0.25) is 0 Å². The summed E-state index contributed by atoms with van der Waals surface area (Å²) in [6.07, 6.45) is -0.212. The lowest BCUT2D eigenvalue weighted by molar-refractivity contribution is -0.140. The molecule has 8 nitrogen and oxygen atoms in total. The molecule has 0 aliphatic carbocycles. The summed E-state index contributed by atoms with van der Waals surface area (Å²) in [6.45, 7) is 0.00537. The lowest BCUT2D eigenvalue weighted by Gasteiger charge is -2.17. The predicted octanol–water partition coefficient (Wildman–Crippen LogP) is 1.89. The topological polar surface area (TPSA) is 123 Å². The van der Waals surface area contributed by atoms with E-state index in [-0.39, 0.29) is 30.1 Å². The molecule has 2 N–H and O–H groups in total. The molecule has 1 heterocycles. The number of aromatic hydroxyl groups is 1. The van der Waals surface area contributed by atoms with Crippen LogP contribution in [0.5, 0.6) is 5.75 Å². The number of carboxylic acid groups (broad SMARTS) is 1. The number of carbonyl (C=O) groups excluding carboxylic acids is 1. The van der Waals surface area contributed by atoms with Crippen molar-refractivity contribution in [2.45, 2.75) is 18.9 Å². The van der Waals surface area contributed by atoms with E-state index in [1.165, 1.54) is 38.5 Å². The molecule has 0 saturated heterocycles. The third kappa shape index (κ3) is 4.28. The van der Waals surface area contributed by atoms with Gasteiger partial charge in [-0.05, 0) is 17.7 Å². The van der Waals surface area contributed by atoms with E-state index in [9.17, 15) is 19.5 Å². The third-order valence-electron chi connectivity index (χ3n) is 3.76. The van der Waals surface area contributed by atoms with E-state index < -0.39 is 29.0 Å². The molecule has 0 saturated carbocycles. The molecule has 1 aromatic carbocycles. The zero-order valence-electron chi connectivity index (χ0n) is 14.2. The van der Waals surface area contributed by atoms with E-state index in [1.54, 1.807) is 0 Å². The number of benzene rings is 1. The summed E-state index contributed by atoms with van der Waals surface area (Å²) in [5.74, 6) is -3.08. The predicted molar refractivity (Wildman–Crippen MR) is 89.2 cm³/mol. The Morgan fingerprint density at radius 1 is 1.19 bits per heavy atom. The van der Waals surface area contributed by atoms with E-state index in [1.807, 2.05) is 0 Å². The van der Waals surface area contributed by atoms with Gasteiger partial charge < -0.3 is 24.1 Å². The fraction of sp³-hybridized carbons (Fsp3) is 0.278. The number of hydrogen-bond donors (Lipinski definition) is 2. The average molecular weight is 362 g/mol. The number of carbonyl (C=O) groups is 2. The summed E-state index contributed by atoms with van der Waals surface area (Å²) in [5.41, 5.74) is -0.131. The molecule has 2 aromatic rings. The molecule has 0 amide bonds. The van der Waals surface area contributed by atoms with E-state index >= 15 is 0 Å². The molecule has 8 heteroatoms. The minimum absolute atomic E-state index is 0.00537. The van der Waals surface area contributed by atoms with Crippen molar-refractivity contribution >= 4 is 11.9 Å². The Kier molecular flexibility index (Phi) is 6.13. The van der Waals surface area contributed by atoms with Gasteiger partial charge in [0.2, 0.25) is 11.2 Å². The maximum absolute atomic E-state index is 12.0. The van der Waals surface area contributed by atoms with Crippen molar-refractivity contribution in [3.63, 3.8) is 0 Å². The van der Waals surface area contributed by atoms with Gasteiger partial charge in [-0.3, -0.25) is 9.59 Å². The summed E-state index contributed by atoms with van der Waals surface area (Å²) < 4.78 is 15.2. The second-order valence-corrected chi connectivity index (χ2v) is 5.48. The Bertz CT molecular complexity index is 850. The van der Waals surface area contributed by atoms with Crippen molar-refractivity contribution in [3.8, 4) is 5.75 Å². The van der Waals surface area contributed by atoms with E-state index in [0.717, 1.165) is 6.07 Å². The molecule has 0 radical (unpaired) electrons. The van der Waals surface area contributed by atoms with Crippen LogP contribution in [0.15, 0.2) is 39.5 Å². The maximum atomic E-state index is 12.0. The smallest absolute Gasteiger partial charge is 0.335 e. The zero-order chi connectivity index (χ0) is 19.3. The molecule has 0 spiro atoms. The summed E-state index contributed by atoms with van der Waals surface area (Å²) in [6, 6.07) is 6.79. The Morgan fingerprint density at radius 2 is 1.85 bits per heavy atom. The first-order chi connectivity index (χ1) is 12.4. The Labute approximate surface area is 148 Å². The molecule has 1 atom stereocenters. The van der Waals surface area contributed by atoms with E-state index in [0.29, 0.717) is 5.56 Å². The highest BCUT2D eigenvalue weighted by molar-refractivity contribution is 5.87. The molecule has 2 rings (SSSR count). The van der Waals surface area contributed by atoms with Gasteiger partial charge in [0.05, 0.1) is 25.0 Å². The minimum atomic E-state index is -1.10. The van der Waals surface area contributed by atoms with Gasteiger partial charge in [-0.2, -0.15) is 0 Å². The van der Waals surface area contributed by atoms with Gasteiger partial charge in [-0.1, -0.05) is 12.1 Å². The van der Waals surface area contributed by atoms with Gasteiger partial charge in [0.25, 0.3) is 0 Å². The number of esters is 1. The summed E-state index contributed by atoms with van der Waals surface area (Å²) in [7, 11) is 2.63. The van der Waals surface area contributed by atoms with Crippen molar-refractivity contribution in [1.82, 2.24) is 0 Å². The van der Waals surface area contributed by atoms with Crippen LogP contribution >= 0.6 is 0 Å². The first-order valence-corrected chi connectivity index (χ1v) is 7.62. The monoisotopic (exact) mass is 362 g/mol. The quantitative estimate of drug-likeness (QED) is 0.716. The van der Waals surface area contributed by atoms with Gasteiger partial charge >= 0.3 is 11.9 Å². The summed E-state index contributed by atoms with van der Waals surface area (Å²) >= 11 is 0. The number of methoxy groups -OCH3 is 2. The van der Waals surface area contributed by atoms with Crippen LogP contribution in [0.1, 0.15) is 39.8 Å². The van der Waals surface area contributed by atoms with Crippen molar-refractivity contribution in [3.05, 3.63) is 63.2 Å². The molecule has 0 unspecified atom stereocenters. The van der Waals surface area contributed by atoms with Crippen LogP contribution in [0.3, 0.4) is 0 Å². The second-order valence-electron chi connectivity index (χ2n) is 5.48. The lowest BCUT2D eigenvalue weighted by atomic mass is 9.91. The number of hydrogen-bond acceptors (Lipinski definition) is 7. The molecular formula is C18H18O8. The largest absolute Gasteiger partial charge is 0.502 e. The van der Waals surface area contributed by atoms with Crippen molar-refractivity contribution < 1.29 is 33.7 Å². The zero-order valence-corrected chi connectivity index (χ0v) is 14.2. The van der Waals surface area contributed by atoms with Crippen molar-refractivity contribution in [1.29, 1.82) is 0 Å². The maximum Gasteiger partial charge on any atom is 0.335 e. The van der Waals surface area contributed by atoms with Gasteiger partial charge in [-0.15, -0.1) is 0 Å². The SMILES string of the molecule is COCc1cc(=O)c(O)c([C@@H](CC(=O)OC)c2ccc(C(=O)O)cc2)o1. The number of carboxylic acids is 1. The van der Waals surface area contributed by atoms with Crippen LogP contribution in [-0.2, 0) is 20.9 Å². The highest BCUT2D eigenvalue weighted by atomic mass is 16.5. The molecule has 26 heavy (non-hydrogen) atoms. The fourth-order valence-electron chi connectivity index (χ4n) is 2.47.